The fourth-order valence-electron chi connectivity index (χ4n) is 2.06. The highest BCUT2D eigenvalue weighted by molar-refractivity contribution is 6.30. The van der Waals surface area contributed by atoms with Gasteiger partial charge in [0, 0.05) is 30.3 Å². The van der Waals surface area contributed by atoms with E-state index in [-0.39, 0.29) is 11.9 Å². The van der Waals surface area contributed by atoms with Crippen LogP contribution in [0.3, 0.4) is 0 Å². The van der Waals surface area contributed by atoms with Gasteiger partial charge in [-0.15, -0.1) is 0 Å². The molecule has 0 saturated carbocycles. The lowest BCUT2D eigenvalue weighted by atomic mass is 9.91. The topological polar surface area (TPSA) is 21.3 Å². The van der Waals surface area contributed by atoms with Crippen molar-refractivity contribution in [2.24, 2.45) is 5.92 Å². The number of ether oxygens (including phenoxy) is 1. The van der Waals surface area contributed by atoms with Gasteiger partial charge in [0.2, 0.25) is 0 Å². The standard InChI is InChI=1S/C14H21ClFNO/c1-4-17-14(10(2)7-8-18-3)12-6-5-11(15)9-13(12)16/h5-6,9-10,14,17H,4,7-8H2,1-3H3. The van der Waals surface area contributed by atoms with Gasteiger partial charge < -0.3 is 10.1 Å². The Hall–Kier alpha value is -0.640. The third-order valence-corrected chi connectivity index (χ3v) is 3.30. The molecule has 0 spiro atoms. The maximum Gasteiger partial charge on any atom is 0.129 e. The monoisotopic (exact) mass is 273 g/mol. The molecular formula is C14H21ClFNO. The molecule has 2 atom stereocenters. The van der Waals surface area contributed by atoms with E-state index in [4.69, 9.17) is 16.3 Å². The second kappa shape index (κ2) is 7.72. The van der Waals surface area contributed by atoms with Crippen LogP contribution in [0.5, 0.6) is 0 Å². The van der Waals surface area contributed by atoms with E-state index in [0.29, 0.717) is 23.1 Å². The lowest BCUT2D eigenvalue weighted by Gasteiger charge is -2.25. The summed E-state index contributed by atoms with van der Waals surface area (Å²) in [4.78, 5) is 0. The van der Waals surface area contributed by atoms with Crippen LogP contribution >= 0.6 is 11.6 Å². The van der Waals surface area contributed by atoms with Crippen LogP contribution in [0.2, 0.25) is 5.02 Å². The van der Waals surface area contributed by atoms with Crippen molar-refractivity contribution in [2.45, 2.75) is 26.3 Å². The van der Waals surface area contributed by atoms with Gasteiger partial charge in [0.1, 0.15) is 5.82 Å². The summed E-state index contributed by atoms with van der Waals surface area (Å²) < 4.78 is 19.0. The molecule has 0 aliphatic rings. The number of hydrogen-bond acceptors (Lipinski definition) is 2. The van der Waals surface area contributed by atoms with Gasteiger partial charge in [0.05, 0.1) is 0 Å². The number of methoxy groups -OCH3 is 1. The number of halogens is 2. The van der Waals surface area contributed by atoms with Crippen molar-refractivity contribution in [3.63, 3.8) is 0 Å². The molecule has 0 bridgehead atoms. The molecule has 0 aromatic heterocycles. The van der Waals surface area contributed by atoms with E-state index < -0.39 is 0 Å². The third-order valence-electron chi connectivity index (χ3n) is 3.07. The average Bonchev–Trinajstić information content (AvgIpc) is 2.34. The maximum atomic E-state index is 14.0. The van der Waals surface area contributed by atoms with Crippen molar-refractivity contribution in [1.82, 2.24) is 5.32 Å². The quantitative estimate of drug-likeness (QED) is 0.816. The summed E-state index contributed by atoms with van der Waals surface area (Å²) in [5.41, 5.74) is 0.671. The van der Waals surface area contributed by atoms with Crippen LogP contribution in [0.1, 0.15) is 31.9 Å². The van der Waals surface area contributed by atoms with Crippen LogP contribution in [0.15, 0.2) is 18.2 Å². The first kappa shape index (κ1) is 15.4. The zero-order valence-corrected chi connectivity index (χ0v) is 11.9. The molecule has 4 heteroatoms. The summed E-state index contributed by atoms with van der Waals surface area (Å²) in [5.74, 6) is 0.0401. The molecular weight excluding hydrogens is 253 g/mol. The van der Waals surface area contributed by atoms with E-state index in [1.54, 1.807) is 19.2 Å². The lowest BCUT2D eigenvalue weighted by molar-refractivity contribution is 0.170. The molecule has 1 N–H and O–H groups in total. The Morgan fingerprint density at radius 2 is 2.17 bits per heavy atom. The summed E-state index contributed by atoms with van der Waals surface area (Å²) in [6.45, 7) is 5.59. The third kappa shape index (κ3) is 4.23. The lowest BCUT2D eigenvalue weighted by Crippen LogP contribution is -2.28. The van der Waals surface area contributed by atoms with Crippen LogP contribution in [-0.4, -0.2) is 20.3 Å². The van der Waals surface area contributed by atoms with E-state index in [9.17, 15) is 4.39 Å². The van der Waals surface area contributed by atoms with E-state index in [1.165, 1.54) is 6.07 Å². The highest BCUT2D eigenvalue weighted by Crippen LogP contribution is 2.28. The Morgan fingerprint density at radius 1 is 1.44 bits per heavy atom. The van der Waals surface area contributed by atoms with Crippen molar-refractivity contribution in [1.29, 1.82) is 0 Å². The molecule has 102 valence electrons. The number of hydrogen-bond donors (Lipinski definition) is 1. The van der Waals surface area contributed by atoms with Gasteiger partial charge in [-0.2, -0.15) is 0 Å². The number of rotatable bonds is 7. The SMILES string of the molecule is CCNC(c1ccc(Cl)cc1F)C(C)CCOC. The molecule has 1 aromatic carbocycles. The largest absolute Gasteiger partial charge is 0.385 e. The highest BCUT2D eigenvalue weighted by Gasteiger charge is 2.21. The van der Waals surface area contributed by atoms with Crippen LogP contribution in [0.25, 0.3) is 0 Å². The molecule has 2 nitrogen and oxygen atoms in total. The van der Waals surface area contributed by atoms with Crippen LogP contribution < -0.4 is 5.32 Å². The van der Waals surface area contributed by atoms with Crippen molar-refractivity contribution in [3.05, 3.63) is 34.6 Å². The van der Waals surface area contributed by atoms with Crippen LogP contribution in [-0.2, 0) is 4.74 Å². The molecule has 0 heterocycles. The molecule has 0 fully saturated rings. The Bertz CT molecular complexity index is 373. The van der Waals surface area contributed by atoms with Gasteiger partial charge >= 0.3 is 0 Å². The zero-order chi connectivity index (χ0) is 13.5. The minimum Gasteiger partial charge on any atom is -0.385 e. The smallest absolute Gasteiger partial charge is 0.129 e. The summed E-state index contributed by atoms with van der Waals surface area (Å²) in [6.07, 6.45) is 0.885. The highest BCUT2D eigenvalue weighted by atomic mass is 35.5. The Balaban J connectivity index is 2.88. The molecule has 2 unspecified atom stereocenters. The van der Waals surface area contributed by atoms with Gasteiger partial charge in [-0.25, -0.2) is 4.39 Å². The van der Waals surface area contributed by atoms with Crippen molar-refractivity contribution in [3.8, 4) is 0 Å². The first-order chi connectivity index (χ1) is 8.60. The number of benzene rings is 1. The van der Waals surface area contributed by atoms with Crippen molar-refractivity contribution in [2.75, 3.05) is 20.3 Å². The van der Waals surface area contributed by atoms with E-state index in [1.807, 2.05) is 6.92 Å². The van der Waals surface area contributed by atoms with Crippen molar-refractivity contribution >= 4 is 11.6 Å². The Morgan fingerprint density at radius 3 is 2.72 bits per heavy atom. The molecule has 1 aromatic rings. The summed E-state index contributed by atoms with van der Waals surface area (Å²) in [7, 11) is 1.68. The minimum absolute atomic E-state index is 0.0117. The van der Waals surface area contributed by atoms with Gasteiger partial charge in [-0.3, -0.25) is 0 Å². The molecule has 0 radical (unpaired) electrons. The summed E-state index contributed by atoms with van der Waals surface area (Å²) in [6, 6.07) is 4.84. The van der Waals surface area contributed by atoms with Crippen molar-refractivity contribution < 1.29 is 9.13 Å². The van der Waals surface area contributed by atoms with Gasteiger partial charge in [-0.1, -0.05) is 31.5 Å². The summed E-state index contributed by atoms with van der Waals surface area (Å²) in [5, 5.41) is 3.76. The zero-order valence-electron chi connectivity index (χ0n) is 11.2. The molecule has 18 heavy (non-hydrogen) atoms. The molecule has 0 aliphatic heterocycles. The van der Waals surface area contributed by atoms with Gasteiger partial charge in [-0.05, 0) is 31.0 Å². The molecule has 1 rings (SSSR count). The fraction of sp³-hybridized carbons (Fsp3) is 0.571. The second-order valence-electron chi connectivity index (χ2n) is 4.46. The predicted octanol–water partition coefficient (Wildman–Crippen LogP) is 3.80. The van der Waals surface area contributed by atoms with E-state index in [0.717, 1.165) is 13.0 Å². The Labute approximate surface area is 113 Å². The molecule has 0 aliphatic carbocycles. The normalized spacial score (nSPS) is 14.5. The van der Waals surface area contributed by atoms with Gasteiger partial charge in [0.25, 0.3) is 0 Å². The molecule has 0 amide bonds. The average molecular weight is 274 g/mol. The van der Waals surface area contributed by atoms with Gasteiger partial charge in [0.15, 0.2) is 0 Å². The second-order valence-corrected chi connectivity index (χ2v) is 4.90. The maximum absolute atomic E-state index is 14.0. The minimum atomic E-state index is -0.252. The fourth-order valence-corrected chi connectivity index (χ4v) is 2.22. The number of nitrogens with one attached hydrogen (secondary N) is 1. The van der Waals surface area contributed by atoms with E-state index >= 15 is 0 Å². The first-order valence-corrected chi connectivity index (χ1v) is 6.65. The molecule has 0 saturated heterocycles. The Kier molecular flexibility index (Phi) is 6.61. The first-order valence-electron chi connectivity index (χ1n) is 6.27. The predicted molar refractivity (Wildman–Crippen MR) is 73.5 cm³/mol. The summed E-state index contributed by atoms with van der Waals surface area (Å²) >= 11 is 5.78. The van der Waals surface area contributed by atoms with E-state index in [2.05, 4.69) is 12.2 Å². The van der Waals surface area contributed by atoms with Crippen LogP contribution in [0, 0.1) is 11.7 Å². The van der Waals surface area contributed by atoms with Crippen LogP contribution in [0.4, 0.5) is 4.39 Å².